The van der Waals surface area contributed by atoms with Gasteiger partial charge in [-0.15, -0.1) is 0 Å². The van der Waals surface area contributed by atoms with E-state index in [4.69, 9.17) is 10.5 Å². The lowest BCUT2D eigenvalue weighted by Gasteiger charge is -2.18. The molecule has 2 aliphatic heterocycles. The molecule has 0 spiro atoms. The van der Waals surface area contributed by atoms with E-state index in [1.54, 1.807) is 12.1 Å². The zero-order valence-corrected chi connectivity index (χ0v) is 13.9. The number of nitrogens with zero attached hydrogens (tertiary/aromatic N) is 1. The van der Waals surface area contributed by atoms with Crippen molar-refractivity contribution in [2.75, 3.05) is 31.1 Å². The average molecular weight is 348 g/mol. The van der Waals surface area contributed by atoms with E-state index in [9.17, 15) is 14.0 Å². The number of hydrogen-bond donors (Lipinski definition) is 3. The SMILES string of the molecule is CC(=O)NC[C@H]1CN(c2ccc([C@]34CNC[C@H]3[C@@H]4N)c(F)c2)C(=O)O1. The lowest BCUT2D eigenvalue weighted by Crippen LogP contribution is -2.33. The lowest BCUT2D eigenvalue weighted by molar-refractivity contribution is -0.119. The molecular weight excluding hydrogens is 327 g/mol. The molecule has 0 aromatic heterocycles. The van der Waals surface area contributed by atoms with Gasteiger partial charge in [0.15, 0.2) is 0 Å². The summed E-state index contributed by atoms with van der Waals surface area (Å²) >= 11 is 0. The standard InChI is InChI=1S/C17H21FN4O3/c1-9(23)21-5-11-7-22(16(24)25-11)10-2-3-12(14(18)4-10)17-8-20-6-13(17)15(17)19/h2-4,11,13,15,20H,5-8,19H2,1H3,(H,21,23)/t11-,13-,15-,17+/m0/s1. The maximum absolute atomic E-state index is 14.8. The number of carbonyl (C=O) groups is 2. The van der Waals surface area contributed by atoms with Crippen LogP contribution in [0.25, 0.3) is 0 Å². The highest BCUT2D eigenvalue weighted by atomic mass is 19.1. The zero-order valence-electron chi connectivity index (χ0n) is 13.9. The second-order valence-electron chi connectivity index (χ2n) is 7.02. The summed E-state index contributed by atoms with van der Waals surface area (Å²) in [6.45, 7) is 3.40. The second-order valence-corrected chi connectivity index (χ2v) is 7.02. The van der Waals surface area contributed by atoms with Gasteiger partial charge in [0.05, 0.1) is 18.8 Å². The number of benzene rings is 1. The number of piperidine rings is 1. The van der Waals surface area contributed by atoms with Gasteiger partial charge in [-0.1, -0.05) is 6.07 Å². The topological polar surface area (TPSA) is 96.7 Å². The highest BCUT2D eigenvalue weighted by Gasteiger charge is 2.66. The summed E-state index contributed by atoms with van der Waals surface area (Å²) in [4.78, 5) is 24.4. The van der Waals surface area contributed by atoms with Crippen molar-refractivity contribution in [2.45, 2.75) is 24.5 Å². The van der Waals surface area contributed by atoms with Gasteiger partial charge in [0.2, 0.25) is 5.91 Å². The summed E-state index contributed by atoms with van der Waals surface area (Å²) in [5, 5.41) is 5.87. The van der Waals surface area contributed by atoms with Gasteiger partial charge in [-0.05, 0) is 23.6 Å². The van der Waals surface area contributed by atoms with E-state index >= 15 is 0 Å². The van der Waals surface area contributed by atoms with Gasteiger partial charge in [0.25, 0.3) is 0 Å². The zero-order chi connectivity index (χ0) is 17.8. The van der Waals surface area contributed by atoms with Gasteiger partial charge in [-0.2, -0.15) is 0 Å². The van der Waals surface area contributed by atoms with Crippen LogP contribution in [0.5, 0.6) is 0 Å². The number of carbonyl (C=O) groups excluding carboxylic acids is 2. The summed E-state index contributed by atoms with van der Waals surface area (Å²) < 4.78 is 20.0. The summed E-state index contributed by atoms with van der Waals surface area (Å²) in [5.41, 5.74) is 6.88. The van der Waals surface area contributed by atoms with Gasteiger partial charge >= 0.3 is 6.09 Å². The van der Waals surface area contributed by atoms with Gasteiger partial charge in [-0.3, -0.25) is 9.69 Å². The highest BCUT2D eigenvalue weighted by Crippen LogP contribution is 2.56. The Labute approximate surface area is 144 Å². The molecule has 2 heterocycles. The highest BCUT2D eigenvalue weighted by molar-refractivity contribution is 5.90. The number of amides is 2. The van der Waals surface area contributed by atoms with Crippen LogP contribution in [0.2, 0.25) is 0 Å². The van der Waals surface area contributed by atoms with E-state index in [1.165, 1.54) is 17.9 Å². The Morgan fingerprint density at radius 1 is 1.56 bits per heavy atom. The molecule has 0 bridgehead atoms. The van der Waals surface area contributed by atoms with Crippen LogP contribution in [0.4, 0.5) is 14.9 Å². The van der Waals surface area contributed by atoms with E-state index in [0.29, 0.717) is 17.8 Å². The largest absolute Gasteiger partial charge is 0.442 e. The molecule has 2 saturated heterocycles. The molecule has 0 unspecified atom stereocenters. The van der Waals surface area contributed by atoms with Crippen molar-refractivity contribution < 1.29 is 18.7 Å². The van der Waals surface area contributed by atoms with E-state index < -0.39 is 12.2 Å². The third-order valence-corrected chi connectivity index (χ3v) is 5.58. The molecule has 2 amide bonds. The molecule has 7 nitrogen and oxygen atoms in total. The third-order valence-electron chi connectivity index (χ3n) is 5.58. The summed E-state index contributed by atoms with van der Waals surface area (Å²) in [6.07, 6.45) is -0.984. The quantitative estimate of drug-likeness (QED) is 0.716. The van der Waals surface area contributed by atoms with Crippen molar-refractivity contribution >= 4 is 17.7 Å². The minimum atomic E-state index is -0.538. The monoisotopic (exact) mass is 348 g/mol. The molecular formula is C17H21FN4O3. The second kappa shape index (κ2) is 5.67. The Morgan fingerprint density at radius 2 is 2.36 bits per heavy atom. The number of anilines is 1. The number of ether oxygens (including phenoxy) is 1. The fourth-order valence-corrected chi connectivity index (χ4v) is 4.16. The van der Waals surface area contributed by atoms with Crippen molar-refractivity contribution in [3.63, 3.8) is 0 Å². The van der Waals surface area contributed by atoms with E-state index in [2.05, 4.69) is 10.6 Å². The Morgan fingerprint density at radius 3 is 3.00 bits per heavy atom. The van der Waals surface area contributed by atoms with Crippen molar-refractivity contribution in [1.82, 2.24) is 10.6 Å². The lowest BCUT2D eigenvalue weighted by atomic mass is 9.93. The van der Waals surface area contributed by atoms with Gasteiger partial charge < -0.3 is 21.1 Å². The number of nitrogens with two attached hydrogens (primary N) is 1. The Hall–Kier alpha value is -2.19. The van der Waals surface area contributed by atoms with Crippen LogP contribution in [0.3, 0.4) is 0 Å². The molecule has 4 atom stereocenters. The number of halogens is 1. The Kier molecular flexibility index (Phi) is 3.69. The molecule has 3 fully saturated rings. The number of cyclic esters (lactones) is 1. The van der Waals surface area contributed by atoms with Crippen molar-refractivity contribution in [1.29, 1.82) is 0 Å². The number of fused-ring (bicyclic) bond motifs is 1. The van der Waals surface area contributed by atoms with Crippen molar-refractivity contribution in [3.05, 3.63) is 29.6 Å². The Balaban J connectivity index is 1.51. The molecule has 25 heavy (non-hydrogen) atoms. The average Bonchev–Trinajstić information content (AvgIpc) is 2.95. The minimum Gasteiger partial charge on any atom is -0.442 e. The van der Waals surface area contributed by atoms with Crippen LogP contribution in [0.15, 0.2) is 18.2 Å². The molecule has 1 aromatic carbocycles. The smallest absolute Gasteiger partial charge is 0.414 e. The van der Waals surface area contributed by atoms with Crippen LogP contribution < -0.4 is 21.3 Å². The predicted molar refractivity (Wildman–Crippen MR) is 88.7 cm³/mol. The molecule has 3 aliphatic rings. The normalized spacial score (nSPS) is 33.2. The fraction of sp³-hybridized carbons (Fsp3) is 0.529. The molecule has 1 aliphatic carbocycles. The predicted octanol–water partition coefficient (Wildman–Crippen LogP) is 0.0851. The van der Waals surface area contributed by atoms with Crippen LogP contribution in [-0.2, 0) is 14.9 Å². The van der Waals surface area contributed by atoms with Crippen LogP contribution in [0, 0.1) is 11.7 Å². The van der Waals surface area contributed by atoms with Crippen LogP contribution in [-0.4, -0.2) is 50.3 Å². The van der Waals surface area contributed by atoms with Crippen LogP contribution >= 0.6 is 0 Å². The van der Waals surface area contributed by atoms with Crippen molar-refractivity contribution in [3.8, 4) is 0 Å². The maximum Gasteiger partial charge on any atom is 0.414 e. The number of rotatable bonds is 4. The van der Waals surface area contributed by atoms with Gasteiger partial charge in [-0.25, -0.2) is 9.18 Å². The first-order chi connectivity index (χ1) is 11.9. The Bertz CT molecular complexity index is 743. The summed E-state index contributed by atoms with van der Waals surface area (Å²) in [7, 11) is 0. The van der Waals surface area contributed by atoms with Crippen LogP contribution in [0.1, 0.15) is 12.5 Å². The molecule has 8 heteroatoms. The molecule has 1 saturated carbocycles. The molecule has 0 radical (unpaired) electrons. The van der Waals surface area contributed by atoms with E-state index in [0.717, 1.165) is 6.54 Å². The molecule has 134 valence electrons. The van der Waals surface area contributed by atoms with E-state index in [-0.39, 0.29) is 42.2 Å². The summed E-state index contributed by atoms with van der Waals surface area (Å²) in [6, 6.07) is 4.81. The minimum absolute atomic E-state index is 0.0205. The molecule has 1 aromatic rings. The van der Waals surface area contributed by atoms with Crippen molar-refractivity contribution in [2.24, 2.45) is 11.7 Å². The maximum atomic E-state index is 14.8. The van der Waals surface area contributed by atoms with Gasteiger partial charge in [0, 0.05) is 31.5 Å². The first kappa shape index (κ1) is 16.3. The molecule has 4 rings (SSSR count). The molecule has 4 N–H and O–H groups in total. The first-order valence-electron chi connectivity index (χ1n) is 8.42. The summed E-state index contributed by atoms with van der Waals surface area (Å²) in [5.74, 6) is -0.270. The first-order valence-corrected chi connectivity index (χ1v) is 8.42. The van der Waals surface area contributed by atoms with Gasteiger partial charge in [0.1, 0.15) is 11.9 Å². The third kappa shape index (κ3) is 2.47. The fourth-order valence-electron chi connectivity index (χ4n) is 4.16. The van der Waals surface area contributed by atoms with E-state index in [1.807, 2.05) is 0 Å². The number of nitrogens with one attached hydrogen (secondary N) is 2. The number of hydrogen-bond acceptors (Lipinski definition) is 5.